The first-order valence-electron chi connectivity index (χ1n) is 10.1. The number of carbonyl (C=O) groups excluding carboxylic acids is 1. The van der Waals surface area contributed by atoms with Crippen molar-refractivity contribution in [2.45, 2.75) is 38.0 Å². The van der Waals surface area contributed by atoms with E-state index in [4.69, 9.17) is 4.42 Å². The first kappa shape index (κ1) is 19.3. The van der Waals surface area contributed by atoms with E-state index in [9.17, 15) is 9.18 Å². The third kappa shape index (κ3) is 4.88. The van der Waals surface area contributed by atoms with E-state index in [1.165, 1.54) is 17.7 Å². The summed E-state index contributed by atoms with van der Waals surface area (Å²) in [6.07, 6.45) is 4.14. The summed E-state index contributed by atoms with van der Waals surface area (Å²) in [7, 11) is 0. The Hall–Kier alpha value is -3.02. The van der Waals surface area contributed by atoms with Crippen LogP contribution in [-0.4, -0.2) is 34.1 Å². The van der Waals surface area contributed by atoms with Crippen LogP contribution in [0.25, 0.3) is 11.5 Å². The van der Waals surface area contributed by atoms with E-state index < -0.39 is 0 Å². The highest BCUT2D eigenvalue weighted by Crippen LogP contribution is 2.29. The minimum Gasteiger partial charge on any atom is -0.420 e. The molecule has 1 aliphatic heterocycles. The largest absolute Gasteiger partial charge is 0.420 e. The van der Waals surface area contributed by atoms with Gasteiger partial charge in [-0.2, -0.15) is 0 Å². The molecule has 2 heterocycles. The summed E-state index contributed by atoms with van der Waals surface area (Å²) in [6.45, 7) is 1.38. The molecule has 0 saturated carbocycles. The zero-order valence-corrected chi connectivity index (χ0v) is 16.3. The summed E-state index contributed by atoms with van der Waals surface area (Å²) in [5.74, 6) is 0.854. The summed E-state index contributed by atoms with van der Waals surface area (Å²) in [5.41, 5.74) is 1.95. The van der Waals surface area contributed by atoms with Gasteiger partial charge < -0.3 is 9.32 Å². The van der Waals surface area contributed by atoms with E-state index in [1.54, 1.807) is 12.1 Å². The van der Waals surface area contributed by atoms with Gasteiger partial charge in [-0.05, 0) is 55.5 Å². The van der Waals surface area contributed by atoms with Crippen LogP contribution in [0.1, 0.15) is 43.1 Å². The molecule has 1 unspecified atom stereocenters. The number of rotatable bonds is 6. The first-order chi connectivity index (χ1) is 14.2. The molecule has 1 fully saturated rings. The van der Waals surface area contributed by atoms with Crippen molar-refractivity contribution in [2.75, 3.05) is 13.1 Å². The minimum absolute atomic E-state index is 0.0449. The van der Waals surface area contributed by atoms with Gasteiger partial charge in [0.15, 0.2) is 0 Å². The Kier molecular flexibility index (Phi) is 5.98. The number of halogens is 1. The number of aromatic nitrogens is 2. The molecular weight excluding hydrogens is 369 g/mol. The van der Waals surface area contributed by atoms with Crippen LogP contribution in [0.3, 0.4) is 0 Å². The molecule has 5 nitrogen and oxygen atoms in total. The van der Waals surface area contributed by atoms with Crippen molar-refractivity contribution in [3.63, 3.8) is 0 Å². The van der Waals surface area contributed by atoms with Crippen LogP contribution in [0.5, 0.6) is 0 Å². The molecule has 29 heavy (non-hydrogen) atoms. The van der Waals surface area contributed by atoms with E-state index in [1.807, 2.05) is 23.1 Å². The average Bonchev–Trinajstić information content (AvgIpc) is 3.25. The monoisotopic (exact) mass is 393 g/mol. The number of hydrogen-bond acceptors (Lipinski definition) is 4. The van der Waals surface area contributed by atoms with Gasteiger partial charge in [0.2, 0.25) is 17.7 Å². The molecule has 1 aliphatic rings. The van der Waals surface area contributed by atoms with Crippen LogP contribution >= 0.6 is 0 Å². The van der Waals surface area contributed by atoms with Crippen molar-refractivity contribution in [1.82, 2.24) is 15.1 Å². The quantitative estimate of drug-likeness (QED) is 0.614. The number of carbonyl (C=O) groups is 1. The molecular formula is C23H24FN3O2. The summed E-state index contributed by atoms with van der Waals surface area (Å²) >= 11 is 0. The van der Waals surface area contributed by atoms with Gasteiger partial charge in [0.05, 0.1) is 5.92 Å². The second-order valence-corrected chi connectivity index (χ2v) is 7.47. The third-order valence-electron chi connectivity index (χ3n) is 5.35. The standard InChI is InChI=1S/C23H24FN3O2/c24-20-13-11-18(12-14-20)22-25-26-23(29-22)19-9-5-15-27(16-19)21(28)10-4-8-17-6-2-1-3-7-17/h1-3,6-7,11-14,19H,4-5,8-10,15-16H2. The fourth-order valence-electron chi connectivity index (χ4n) is 3.76. The maximum absolute atomic E-state index is 13.1. The number of piperidine rings is 1. The second-order valence-electron chi connectivity index (χ2n) is 7.47. The SMILES string of the molecule is O=C(CCCc1ccccc1)N1CCCC(c2nnc(-c3ccc(F)cc3)o2)C1. The molecule has 150 valence electrons. The van der Waals surface area contributed by atoms with Crippen molar-refractivity contribution >= 4 is 5.91 Å². The zero-order chi connectivity index (χ0) is 20.1. The number of amides is 1. The fraction of sp³-hybridized carbons (Fsp3) is 0.348. The van der Waals surface area contributed by atoms with Gasteiger partial charge >= 0.3 is 0 Å². The smallest absolute Gasteiger partial charge is 0.247 e. The number of hydrogen-bond donors (Lipinski definition) is 0. The van der Waals surface area contributed by atoms with Crippen molar-refractivity contribution < 1.29 is 13.6 Å². The lowest BCUT2D eigenvalue weighted by atomic mass is 9.97. The number of aryl methyl sites for hydroxylation is 1. The lowest BCUT2D eigenvalue weighted by molar-refractivity contribution is -0.132. The summed E-state index contributed by atoms with van der Waals surface area (Å²) in [6, 6.07) is 16.2. The Bertz CT molecular complexity index is 940. The van der Waals surface area contributed by atoms with E-state index in [0.29, 0.717) is 30.3 Å². The molecule has 0 aliphatic carbocycles. The van der Waals surface area contributed by atoms with E-state index in [2.05, 4.69) is 22.3 Å². The predicted octanol–water partition coefficient (Wildman–Crippen LogP) is 4.60. The molecule has 6 heteroatoms. The molecule has 4 rings (SSSR count). The van der Waals surface area contributed by atoms with Crippen LogP contribution in [0.4, 0.5) is 4.39 Å². The molecule has 1 aromatic heterocycles. The Morgan fingerprint density at radius 1 is 1.10 bits per heavy atom. The Morgan fingerprint density at radius 3 is 2.69 bits per heavy atom. The van der Waals surface area contributed by atoms with Crippen LogP contribution in [-0.2, 0) is 11.2 Å². The lowest BCUT2D eigenvalue weighted by Crippen LogP contribution is -2.39. The molecule has 2 aromatic carbocycles. The molecule has 1 saturated heterocycles. The minimum atomic E-state index is -0.304. The third-order valence-corrected chi connectivity index (χ3v) is 5.35. The van der Waals surface area contributed by atoms with E-state index >= 15 is 0 Å². The molecule has 0 bridgehead atoms. The molecule has 0 radical (unpaired) electrons. The van der Waals surface area contributed by atoms with Crippen LogP contribution in [0, 0.1) is 5.82 Å². The number of likely N-dealkylation sites (tertiary alicyclic amines) is 1. The predicted molar refractivity (Wildman–Crippen MR) is 108 cm³/mol. The van der Waals surface area contributed by atoms with E-state index in [0.717, 1.165) is 32.2 Å². The van der Waals surface area contributed by atoms with Gasteiger partial charge in [-0.15, -0.1) is 10.2 Å². The second kappa shape index (κ2) is 8.99. The topological polar surface area (TPSA) is 59.2 Å². The van der Waals surface area contributed by atoms with Gasteiger partial charge in [0, 0.05) is 25.1 Å². The van der Waals surface area contributed by atoms with E-state index in [-0.39, 0.29) is 17.6 Å². The zero-order valence-electron chi connectivity index (χ0n) is 16.3. The molecule has 3 aromatic rings. The van der Waals surface area contributed by atoms with Gasteiger partial charge in [-0.3, -0.25) is 4.79 Å². The van der Waals surface area contributed by atoms with Crippen LogP contribution < -0.4 is 0 Å². The maximum Gasteiger partial charge on any atom is 0.247 e. The molecule has 1 amide bonds. The van der Waals surface area contributed by atoms with Crippen molar-refractivity contribution in [3.05, 3.63) is 71.9 Å². The maximum atomic E-state index is 13.1. The van der Waals surface area contributed by atoms with Crippen molar-refractivity contribution in [1.29, 1.82) is 0 Å². The van der Waals surface area contributed by atoms with Gasteiger partial charge in [-0.25, -0.2) is 4.39 Å². The highest BCUT2D eigenvalue weighted by Gasteiger charge is 2.28. The van der Waals surface area contributed by atoms with Crippen molar-refractivity contribution in [3.8, 4) is 11.5 Å². The summed E-state index contributed by atoms with van der Waals surface area (Å²) in [5, 5.41) is 8.29. The van der Waals surface area contributed by atoms with Gasteiger partial charge in [0.25, 0.3) is 0 Å². The van der Waals surface area contributed by atoms with Gasteiger partial charge in [-0.1, -0.05) is 30.3 Å². The summed E-state index contributed by atoms with van der Waals surface area (Å²) in [4.78, 5) is 14.6. The Balaban J connectivity index is 1.33. The normalized spacial score (nSPS) is 16.7. The van der Waals surface area contributed by atoms with Gasteiger partial charge in [0.1, 0.15) is 5.82 Å². The average molecular weight is 393 g/mol. The first-order valence-corrected chi connectivity index (χ1v) is 10.1. The lowest BCUT2D eigenvalue weighted by Gasteiger charge is -2.31. The summed E-state index contributed by atoms with van der Waals surface area (Å²) < 4.78 is 18.9. The Labute approximate surface area is 169 Å². The highest BCUT2D eigenvalue weighted by molar-refractivity contribution is 5.76. The molecule has 1 atom stereocenters. The molecule has 0 spiro atoms. The van der Waals surface area contributed by atoms with Crippen LogP contribution in [0.15, 0.2) is 59.0 Å². The number of benzene rings is 2. The Morgan fingerprint density at radius 2 is 1.90 bits per heavy atom. The number of nitrogens with zero attached hydrogens (tertiary/aromatic N) is 3. The van der Waals surface area contributed by atoms with Crippen molar-refractivity contribution in [2.24, 2.45) is 0 Å². The fourth-order valence-corrected chi connectivity index (χ4v) is 3.76. The van der Waals surface area contributed by atoms with Crippen LogP contribution in [0.2, 0.25) is 0 Å². The molecule has 0 N–H and O–H groups in total. The highest BCUT2D eigenvalue weighted by atomic mass is 19.1.